The van der Waals surface area contributed by atoms with Gasteiger partial charge >= 0.3 is 0 Å². The summed E-state index contributed by atoms with van der Waals surface area (Å²) in [5.41, 5.74) is -0.148. The Kier molecular flexibility index (Phi) is 6.56. The molecule has 4 fully saturated rings. The number of piperazine rings is 1. The molecule has 1 aromatic rings. The van der Waals surface area contributed by atoms with Crippen LogP contribution in [-0.2, 0) is 9.59 Å². The van der Waals surface area contributed by atoms with Gasteiger partial charge in [-0.2, -0.15) is 0 Å². The molecule has 6 rings (SSSR count). The highest BCUT2D eigenvalue weighted by atomic mass is 16.5. The van der Waals surface area contributed by atoms with Gasteiger partial charge in [-0.05, 0) is 80.4 Å². The summed E-state index contributed by atoms with van der Waals surface area (Å²) < 4.78 is 5.27. The second-order valence-electron chi connectivity index (χ2n) is 13.0. The molecule has 1 aromatic carbocycles. The molecule has 1 aliphatic heterocycles. The lowest BCUT2D eigenvalue weighted by Crippen LogP contribution is -2.62. The lowest BCUT2D eigenvalue weighted by molar-refractivity contribution is -0.177. The largest absolute Gasteiger partial charge is 0.497 e. The fourth-order valence-electron chi connectivity index (χ4n) is 9.08. The quantitative estimate of drug-likeness (QED) is 0.599. The molecule has 7 heteroatoms. The molecule has 0 aromatic heterocycles. The molecule has 0 unspecified atom stereocenters. The van der Waals surface area contributed by atoms with Gasteiger partial charge in [0.1, 0.15) is 11.4 Å². The monoisotopic (exact) mass is 534 g/mol. The summed E-state index contributed by atoms with van der Waals surface area (Å²) in [5, 5.41) is 23.7. The van der Waals surface area contributed by atoms with Crippen molar-refractivity contribution in [2.75, 3.05) is 44.7 Å². The van der Waals surface area contributed by atoms with E-state index < -0.39 is 17.1 Å². The third kappa shape index (κ3) is 4.11. The van der Waals surface area contributed by atoms with Crippen LogP contribution >= 0.6 is 0 Å². The Bertz CT molecular complexity index is 1200. The predicted molar refractivity (Wildman–Crippen MR) is 150 cm³/mol. The first-order valence-electron chi connectivity index (χ1n) is 14.6. The molecule has 0 radical (unpaired) electrons. The first-order chi connectivity index (χ1) is 18.6. The van der Waals surface area contributed by atoms with E-state index in [0.29, 0.717) is 12.8 Å². The topological polar surface area (TPSA) is 90.3 Å². The number of ketones is 2. The number of hydrogen-bond donors (Lipinski definition) is 2. The molecule has 210 valence electrons. The number of carbonyl (C=O) groups is 2. The summed E-state index contributed by atoms with van der Waals surface area (Å²) >= 11 is 0. The van der Waals surface area contributed by atoms with E-state index >= 15 is 0 Å². The Hall–Kier alpha value is -2.48. The number of Topliss-reactive ketones (excluding diaryl/α,β-unsaturated/α-hetero) is 1. The first kappa shape index (κ1) is 26.7. The van der Waals surface area contributed by atoms with Crippen molar-refractivity contribution in [3.63, 3.8) is 0 Å². The molecule has 0 amide bonds. The minimum absolute atomic E-state index is 0.00316. The Labute approximate surface area is 231 Å². The van der Waals surface area contributed by atoms with Gasteiger partial charge in [0.15, 0.2) is 11.6 Å². The maximum atomic E-state index is 13.9. The summed E-state index contributed by atoms with van der Waals surface area (Å²) in [6.45, 7) is 7.63. The zero-order valence-electron chi connectivity index (χ0n) is 23.4. The van der Waals surface area contributed by atoms with Crippen LogP contribution in [0.25, 0.3) is 0 Å². The molecular formula is C32H42N2O5. The van der Waals surface area contributed by atoms with Crippen molar-refractivity contribution in [1.29, 1.82) is 0 Å². The first-order valence-corrected chi connectivity index (χ1v) is 14.6. The molecule has 39 heavy (non-hydrogen) atoms. The summed E-state index contributed by atoms with van der Waals surface area (Å²) in [7, 11) is 1.66. The van der Waals surface area contributed by atoms with E-state index in [1.807, 2.05) is 18.2 Å². The van der Waals surface area contributed by atoms with Crippen LogP contribution < -0.4 is 9.64 Å². The van der Waals surface area contributed by atoms with Gasteiger partial charge in [-0.25, -0.2) is 0 Å². The fraction of sp³-hybridized carbons (Fsp3) is 0.625. The van der Waals surface area contributed by atoms with E-state index in [4.69, 9.17) is 4.74 Å². The van der Waals surface area contributed by atoms with Crippen LogP contribution in [0.2, 0.25) is 0 Å². The van der Waals surface area contributed by atoms with Gasteiger partial charge in [-0.3, -0.25) is 14.5 Å². The second-order valence-corrected chi connectivity index (χ2v) is 13.0. The van der Waals surface area contributed by atoms with Gasteiger partial charge in [-0.1, -0.05) is 25.5 Å². The van der Waals surface area contributed by atoms with Gasteiger partial charge in [0.05, 0.1) is 19.8 Å². The Morgan fingerprint density at radius 2 is 1.82 bits per heavy atom. The fourth-order valence-corrected chi connectivity index (χ4v) is 9.08. The standard InChI is InChI=1S/C32H42N2O5/c1-30-12-10-23(35)18-21(30)4-9-25-26-11-13-32(38,31(26,2)19-27(36)29(25)30)28(37)20-33-14-16-34(17-15-33)22-5-7-24(39-3)8-6-22/h5-8,10,12,18,25-27,29,36,38H,4,9,11,13-17,19-20H2,1-3H3/t25-,26-,27-,29+,30-,31-,32-/m0/s1. The molecule has 0 bridgehead atoms. The number of fused-ring (bicyclic) bond motifs is 5. The highest BCUT2D eigenvalue weighted by Gasteiger charge is 2.68. The summed E-state index contributed by atoms with van der Waals surface area (Å²) in [4.78, 5) is 30.4. The van der Waals surface area contributed by atoms with Gasteiger partial charge < -0.3 is 19.8 Å². The zero-order valence-corrected chi connectivity index (χ0v) is 23.4. The van der Waals surface area contributed by atoms with Gasteiger partial charge in [0, 0.05) is 48.6 Å². The molecule has 4 aliphatic carbocycles. The molecular weight excluding hydrogens is 492 g/mol. The van der Waals surface area contributed by atoms with Crippen LogP contribution in [-0.4, -0.2) is 78.2 Å². The van der Waals surface area contributed by atoms with Crippen molar-refractivity contribution in [1.82, 2.24) is 4.90 Å². The third-order valence-electron chi connectivity index (χ3n) is 11.3. The number of hydrogen-bond acceptors (Lipinski definition) is 7. The number of methoxy groups -OCH3 is 1. The second kappa shape index (κ2) is 9.57. The molecule has 7 atom stereocenters. The SMILES string of the molecule is COc1ccc(N2CCN(CC(=O)[C@@]3(O)CC[C@H]4[C@@H]5CCC6=CC(=O)C=C[C@]6(C)[C@H]5[C@@H](O)C[C@@]43C)CC2)cc1. The highest BCUT2D eigenvalue weighted by molar-refractivity contribution is 6.01. The maximum Gasteiger partial charge on any atom is 0.178 e. The minimum atomic E-state index is -1.42. The van der Waals surface area contributed by atoms with Crippen LogP contribution in [0.15, 0.2) is 48.1 Å². The molecule has 0 spiro atoms. The number of aliphatic hydroxyl groups excluding tert-OH is 1. The van der Waals surface area contributed by atoms with Crippen LogP contribution in [0.1, 0.15) is 46.0 Å². The molecule has 2 N–H and O–H groups in total. The molecule has 3 saturated carbocycles. The highest BCUT2D eigenvalue weighted by Crippen LogP contribution is 2.67. The van der Waals surface area contributed by atoms with Crippen LogP contribution in [0.4, 0.5) is 5.69 Å². The molecule has 5 aliphatic rings. The van der Waals surface area contributed by atoms with Crippen molar-refractivity contribution in [3.8, 4) is 5.75 Å². The number of nitrogens with zero attached hydrogens (tertiary/aromatic N) is 2. The van der Waals surface area contributed by atoms with Crippen molar-refractivity contribution in [3.05, 3.63) is 48.1 Å². The Morgan fingerprint density at radius 3 is 2.51 bits per heavy atom. The van der Waals surface area contributed by atoms with Gasteiger partial charge in [0.2, 0.25) is 0 Å². The zero-order chi connectivity index (χ0) is 27.6. The number of benzene rings is 1. The maximum absolute atomic E-state index is 13.9. The van der Waals surface area contributed by atoms with E-state index in [-0.39, 0.29) is 41.3 Å². The number of anilines is 1. The van der Waals surface area contributed by atoms with Crippen molar-refractivity contribution >= 4 is 17.3 Å². The van der Waals surface area contributed by atoms with Crippen molar-refractivity contribution in [2.24, 2.45) is 28.6 Å². The van der Waals surface area contributed by atoms with E-state index in [1.165, 1.54) is 0 Å². The lowest BCUT2D eigenvalue weighted by Gasteiger charge is -2.59. The summed E-state index contributed by atoms with van der Waals surface area (Å²) in [6, 6.07) is 8.06. The summed E-state index contributed by atoms with van der Waals surface area (Å²) in [6.07, 6.45) is 8.18. The Balaban J connectivity index is 1.14. The average molecular weight is 535 g/mol. The molecule has 1 heterocycles. The summed E-state index contributed by atoms with van der Waals surface area (Å²) in [5.74, 6) is 1.17. The van der Waals surface area contributed by atoms with E-state index in [9.17, 15) is 19.8 Å². The van der Waals surface area contributed by atoms with E-state index in [1.54, 1.807) is 19.3 Å². The van der Waals surface area contributed by atoms with Crippen molar-refractivity contribution in [2.45, 2.75) is 57.7 Å². The number of carbonyl (C=O) groups excluding carboxylic acids is 2. The molecule has 1 saturated heterocycles. The number of aliphatic hydroxyl groups is 2. The number of ether oxygens (including phenoxy) is 1. The normalized spacial score (nSPS) is 40.0. The lowest BCUT2D eigenvalue weighted by atomic mass is 9.46. The predicted octanol–water partition coefficient (Wildman–Crippen LogP) is 3.40. The smallest absolute Gasteiger partial charge is 0.178 e. The third-order valence-corrected chi connectivity index (χ3v) is 11.3. The Morgan fingerprint density at radius 1 is 1.10 bits per heavy atom. The van der Waals surface area contributed by atoms with E-state index in [2.05, 4.69) is 35.8 Å². The van der Waals surface area contributed by atoms with Crippen LogP contribution in [0, 0.1) is 28.6 Å². The van der Waals surface area contributed by atoms with Crippen LogP contribution in [0.5, 0.6) is 5.75 Å². The number of rotatable bonds is 5. The minimum Gasteiger partial charge on any atom is -0.497 e. The molecule has 7 nitrogen and oxygen atoms in total. The van der Waals surface area contributed by atoms with Gasteiger partial charge in [0.25, 0.3) is 0 Å². The average Bonchev–Trinajstić information content (AvgIpc) is 3.20. The van der Waals surface area contributed by atoms with Gasteiger partial charge in [-0.15, -0.1) is 0 Å². The van der Waals surface area contributed by atoms with Crippen molar-refractivity contribution < 1.29 is 24.5 Å². The number of allylic oxidation sites excluding steroid dienone is 4. The van der Waals surface area contributed by atoms with E-state index in [0.717, 1.165) is 62.5 Å². The van der Waals surface area contributed by atoms with Crippen LogP contribution in [0.3, 0.4) is 0 Å².